The number of carbonyl (C=O) groups excluding carboxylic acids is 1. The molecular weight excluding hydrogens is 258 g/mol. The van der Waals surface area contributed by atoms with Gasteiger partial charge in [0.15, 0.2) is 0 Å². The van der Waals surface area contributed by atoms with Crippen molar-refractivity contribution in [2.24, 2.45) is 11.8 Å². The van der Waals surface area contributed by atoms with Crippen LogP contribution < -0.4 is 9.64 Å². The number of rotatable bonds is 5. The third-order valence-corrected chi connectivity index (χ3v) is 3.35. The second-order valence-corrected chi connectivity index (χ2v) is 5.34. The van der Waals surface area contributed by atoms with E-state index >= 15 is 0 Å². The molecule has 1 saturated carbocycles. The highest BCUT2D eigenvalue weighted by Gasteiger charge is 2.49. The first-order valence-corrected chi connectivity index (χ1v) is 6.67. The van der Waals surface area contributed by atoms with E-state index < -0.39 is 11.9 Å². The number of nitrogens with zero attached hydrogens (tertiary/aromatic N) is 1. The molecule has 1 aromatic rings. The molecule has 5 heteroatoms. The number of benzene rings is 1. The Bertz CT molecular complexity index is 509. The van der Waals surface area contributed by atoms with Crippen molar-refractivity contribution in [2.45, 2.75) is 26.4 Å². The molecular formula is C15H19NO4. The maximum Gasteiger partial charge on any atom is 0.307 e. The topological polar surface area (TPSA) is 66.8 Å². The van der Waals surface area contributed by atoms with Crippen molar-refractivity contribution < 1.29 is 19.4 Å². The van der Waals surface area contributed by atoms with E-state index in [4.69, 9.17) is 9.84 Å². The first kappa shape index (κ1) is 14.4. The minimum atomic E-state index is -0.891. The Labute approximate surface area is 118 Å². The van der Waals surface area contributed by atoms with Crippen molar-refractivity contribution >= 4 is 17.6 Å². The molecule has 0 spiro atoms. The van der Waals surface area contributed by atoms with Gasteiger partial charge in [0.05, 0.1) is 17.9 Å². The Morgan fingerprint density at radius 3 is 2.30 bits per heavy atom. The number of carboxylic acid groups (broad SMARTS) is 1. The number of carbonyl (C=O) groups is 2. The molecule has 0 aromatic heterocycles. The summed E-state index contributed by atoms with van der Waals surface area (Å²) in [6.07, 6.45) is 0.538. The smallest absolute Gasteiger partial charge is 0.307 e. The first-order chi connectivity index (χ1) is 9.40. The summed E-state index contributed by atoms with van der Waals surface area (Å²) >= 11 is 0. The molecule has 108 valence electrons. The number of anilines is 1. The van der Waals surface area contributed by atoms with Gasteiger partial charge in [0.2, 0.25) is 5.91 Å². The van der Waals surface area contributed by atoms with Gasteiger partial charge in [0.1, 0.15) is 5.75 Å². The maximum absolute atomic E-state index is 12.1. The summed E-state index contributed by atoms with van der Waals surface area (Å²) in [6, 6.07) is 7.21. The zero-order chi connectivity index (χ0) is 14.9. The fourth-order valence-electron chi connectivity index (χ4n) is 2.14. The normalized spacial score (nSPS) is 20.6. The van der Waals surface area contributed by atoms with E-state index in [1.165, 1.54) is 4.90 Å². The molecule has 0 bridgehead atoms. The van der Waals surface area contributed by atoms with Crippen molar-refractivity contribution in [1.29, 1.82) is 0 Å². The number of hydrogen-bond donors (Lipinski definition) is 1. The lowest BCUT2D eigenvalue weighted by Gasteiger charge is -2.18. The molecule has 1 aromatic carbocycles. The summed E-state index contributed by atoms with van der Waals surface area (Å²) in [4.78, 5) is 24.4. The zero-order valence-corrected chi connectivity index (χ0v) is 11.9. The van der Waals surface area contributed by atoms with Gasteiger partial charge in [0.25, 0.3) is 0 Å². The van der Waals surface area contributed by atoms with E-state index in [-0.39, 0.29) is 17.9 Å². The Morgan fingerprint density at radius 1 is 1.25 bits per heavy atom. The van der Waals surface area contributed by atoms with E-state index in [0.29, 0.717) is 6.42 Å². The van der Waals surface area contributed by atoms with Crippen LogP contribution >= 0.6 is 0 Å². The molecule has 0 radical (unpaired) electrons. The van der Waals surface area contributed by atoms with Crippen LogP contribution in [0.2, 0.25) is 0 Å². The lowest BCUT2D eigenvalue weighted by atomic mass is 10.2. The molecule has 0 saturated heterocycles. The Hall–Kier alpha value is -2.04. The highest BCUT2D eigenvalue weighted by Crippen LogP contribution is 2.40. The quantitative estimate of drug-likeness (QED) is 0.895. The number of ether oxygens (including phenoxy) is 1. The number of carboxylic acids is 1. The van der Waals surface area contributed by atoms with Crippen molar-refractivity contribution in [1.82, 2.24) is 0 Å². The molecule has 5 nitrogen and oxygen atoms in total. The van der Waals surface area contributed by atoms with Crippen LogP contribution in [0.25, 0.3) is 0 Å². The van der Waals surface area contributed by atoms with Crippen molar-refractivity contribution in [3.05, 3.63) is 24.3 Å². The van der Waals surface area contributed by atoms with Gasteiger partial charge >= 0.3 is 5.97 Å². The van der Waals surface area contributed by atoms with Crippen LogP contribution in [0.5, 0.6) is 5.75 Å². The molecule has 1 aliphatic carbocycles. The van der Waals surface area contributed by atoms with Gasteiger partial charge in [-0.25, -0.2) is 0 Å². The first-order valence-electron chi connectivity index (χ1n) is 6.67. The molecule has 2 unspecified atom stereocenters. The van der Waals surface area contributed by atoms with Crippen LogP contribution in [-0.4, -0.2) is 30.1 Å². The van der Waals surface area contributed by atoms with Crippen LogP contribution in [0.4, 0.5) is 5.69 Å². The van der Waals surface area contributed by atoms with Gasteiger partial charge in [-0.15, -0.1) is 0 Å². The van der Waals surface area contributed by atoms with Gasteiger partial charge in [0, 0.05) is 12.7 Å². The second kappa shape index (κ2) is 5.53. The van der Waals surface area contributed by atoms with E-state index in [1.807, 2.05) is 13.8 Å². The highest BCUT2D eigenvalue weighted by molar-refractivity contribution is 5.99. The molecule has 1 N–H and O–H groups in total. The average molecular weight is 277 g/mol. The van der Waals surface area contributed by atoms with Gasteiger partial charge in [-0.3, -0.25) is 9.59 Å². The minimum absolute atomic E-state index is 0.100. The van der Waals surface area contributed by atoms with E-state index in [2.05, 4.69) is 0 Å². The Morgan fingerprint density at radius 2 is 1.85 bits per heavy atom. The molecule has 1 amide bonds. The fraction of sp³-hybridized carbons (Fsp3) is 0.467. The molecule has 1 aliphatic rings. The summed E-state index contributed by atoms with van der Waals surface area (Å²) in [5.41, 5.74) is 0.738. The van der Waals surface area contributed by atoms with Crippen molar-refractivity contribution in [2.75, 3.05) is 11.9 Å². The van der Waals surface area contributed by atoms with Gasteiger partial charge in [-0.1, -0.05) is 0 Å². The fourth-order valence-corrected chi connectivity index (χ4v) is 2.14. The third kappa shape index (κ3) is 3.10. The van der Waals surface area contributed by atoms with Crippen LogP contribution in [0.3, 0.4) is 0 Å². The Balaban J connectivity index is 2.00. The second-order valence-electron chi connectivity index (χ2n) is 5.34. The number of hydrogen-bond acceptors (Lipinski definition) is 3. The summed E-state index contributed by atoms with van der Waals surface area (Å²) in [5, 5.41) is 8.86. The largest absolute Gasteiger partial charge is 0.491 e. The van der Waals surface area contributed by atoms with Crippen LogP contribution in [0, 0.1) is 11.8 Å². The predicted molar refractivity (Wildman–Crippen MR) is 74.8 cm³/mol. The number of amides is 1. The average Bonchev–Trinajstić information content (AvgIpc) is 3.17. The summed E-state index contributed by atoms with van der Waals surface area (Å²) < 4.78 is 5.54. The van der Waals surface area contributed by atoms with Crippen LogP contribution in [0.1, 0.15) is 20.3 Å². The van der Waals surface area contributed by atoms with Gasteiger partial charge < -0.3 is 14.7 Å². The molecule has 0 heterocycles. The predicted octanol–water partition coefficient (Wildman–Crippen LogP) is 2.16. The zero-order valence-electron chi connectivity index (χ0n) is 11.9. The molecule has 20 heavy (non-hydrogen) atoms. The van der Waals surface area contributed by atoms with E-state index in [9.17, 15) is 9.59 Å². The lowest BCUT2D eigenvalue weighted by molar-refractivity contribution is -0.139. The third-order valence-electron chi connectivity index (χ3n) is 3.35. The lowest BCUT2D eigenvalue weighted by Crippen LogP contribution is -2.28. The molecule has 2 atom stereocenters. The van der Waals surface area contributed by atoms with Gasteiger partial charge in [-0.2, -0.15) is 0 Å². The minimum Gasteiger partial charge on any atom is -0.491 e. The SMILES string of the molecule is CC(C)Oc1ccc(N(C)C(=O)C2CC2C(=O)O)cc1. The monoisotopic (exact) mass is 277 g/mol. The maximum atomic E-state index is 12.1. The van der Waals surface area contributed by atoms with Crippen molar-refractivity contribution in [3.8, 4) is 5.75 Å². The van der Waals surface area contributed by atoms with Crippen LogP contribution in [0.15, 0.2) is 24.3 Å². The molecule has 2 rings (SSSR count). The summed E-state index contributed by atoms with van der Waals surface area (Å²) in [6.45, 7) is 3.89. The van der Waals surface area contributed by atoms with E-state index in [1.54, 1.807) is 31.3 Å². The van der Waals surface area contributed by atoms with Crippen LogP contribution in [-0.2, 0) is 9.59 Å². The Kier molecular flexibility index (Phi) is 3.97. The molecule has 1 fully saturated rings. The summed E-state index contributed by atoms with van der Waals surface area (Å²) in [7, 11) is 1.66. The summed E-state index contributed by atoms with van der Waals surface area (Å²) in [5.74, 6) is -1.19. The van der Waals surface area contributed by atoms with Gasteiger partial charge in [-0.05, 0) is 44.5 Å². The van der Waals surface area contributed by atoms with Crippen molar-refractivity contribution in [3.63, 3.8) is 0 Å². The highest BCUT2D eigenvalue weighted by atomic mass is 16.5. The number of aliphatic carboxylic acids is 1. The standard InChI is InChI=1S/C15H19NO4/c1-9(2)20-11-6-4-10(5-7-11)16(3)14(17)12-8-13(12)15(18)19/h4-7,9,12-13H,8H2,1-3H3,(H,18,19). The molecule has 0 aliphatic heterocycles. The van der Waals surface area contributed by atoms with E-state index in [0.717, 1.165) is 11.4 Å².